The number of nitrogens with zero attached hydrogens (tertiary/aromatic N) is 2. The van der Waals surface area contributed by atoms with E-state index in [1.54, 1.807) is 0 Å². The molecule has 2 aliphatic heterocycles. The Labute approximate surface area is 143 Å². The van der Waals surface area contributed by atoms with E-state index in [2.05, 4.69) is 30.4 Å². The summed E-state index contributed by atoms with van der Waals surface area (Å²) in [6.07, 6.45) is 8.58. The zero-order chi connectivity index (χ0) is 16.5. The number of likely N-dealkylation sites (tertiary alicyclic amines) is 1. The molecule has 1 unspecified atom stereocenters. The minimum atomic E-state index is 0.108. The monoisotopic (exact) mass is 324 g/mol. The minimum Gasteiger partial charge on any atom is -0.343 e. The molecule has 1 atom stereocenters. The van der Waals surface area contributed by atoms with Crippen molar-refractivity contribution in [3.05, 3.63) is 42.0 Å². The van der Waals surface area contributed by atoms with E-state index in [0.29, 0.717) is 12.3 Å². The molecule has 1 aliphatic carbocycles. The third-order valence-electron chi connectivity index (χ3n) is 5.61. The predicted molar refractivity (Wildman–Crippen MR) is 93.8 cm³/mol. The highest BCUT2D eigenvalue weighted by Gasteiger charge is 2.35. The fourth-order valence-electron chi connectivity index (χ4n) is 4.24. The van der Waals surface area contributed by atoms with Crippen molar-refractivity contribution in [2.45, 2.75) is 38.0 Å². The number of hydrogen-bond acceptors (Lipinski definition) is 2. The number of benzene rings is 1. The largest absolute Gasteiger partial charge is 0.343 e. The highest BCUT2D eigenvalue weighted by Crippen LogP contribution is 2.39. The fourth-order valence-corrected chi connectivity index (χ4v) is 4.24. The summed E-state index contributed by atoms with van der Waals surface area (Å²) in [6.45, 7) is 2.46. The summed E-state index contributed by atoms with van der Waals surface area (Å²) in [6, 6.07) is 8.28. The zero-order valence-corrected chi connectivity index (χ0v) is 14.0. The first kappa shape index (κ1) is 15.4. The number of rotatable bonds is 4. The number of fused-ring (bicyclic) bond motifs is 1. The summed E-state index contributed by atoms with van der Waals surface area (Å²) in [7, 11) is 0. The number of allylic oxidation sites excluding steroid dienone is 2. The van der Waals surface area contributed by atoms with Crippen LogP contribution in [0.3, 0.4) is 0 Å². The van der Waals surface area contributed by atoms with Gasteiger partial charge in [-0.25, -0.2) is 0 Å². The van der Waals surface area contributed by atoms with Gasteiger partial charge in [-0.05, 0) is 37.3 Å². The second kappa shape index (κ2) is 6.42. The van der Waals surface area contributed by atoms with E-state index >= 15 is 0 Å². The zero-order valence-electron chi connectivity index (χ0n) is 14.0. The number of anilines is 1. The van der Waals surface area contributed by atoms with Gasteiger partial charge in [0, 0.05) is 43.6 Å². The van der Waals surface area contributed by atoms with Crippen LogP contribution in [0.2, 0.25) is 0 Å². The molecule has 0 N–H and O–H groups in total. The highest BCUT2D eigenvalue weighted by atomic mass is 16.2. The third-order valence-corrected chi connectivity index (χ3v) is 5.61. The minimum absolute atomic E-state index is 0.108. The summed E-state index contributed by atoms with van der Waals surface area (Å²) in [5.74, 6) is 0.989. The van der Waals surface area contributed by atoms with Gasteiger partial charge in [-0.3, -0.25) is 9.59 Å². The number of carbonyl (C=O) groups is 2. The predicted octanol–water partition coefficient (Wildman–Crippen LogP) is 3.10. The third kappa shape index (κ3) is 2.74. The van der Waals surface area contributed by atoms with Crippen LogP contribution in [-0.2, 0) is 9.59 Å². The summed E-state index contributed by atoms with van der Waals surface area (Å²) in [4.78, 5) is 28.7. The van der Waals surface area contributed by atoms with E-state index < -0.39 is 0 Å². The molecule has 3 aliphatic rings. The van der Waals surface area contributed by atoms with Crippen molar-refractivity contribution in [2.24, 2.45) is 5.92 Å². The maximum atomic E-state index is 12.9. The van der Waals surface area contributed by atoms with Crippen molar-refractivity contribution < 1.29 is 9.59 Å². The van der Waals surface area contributed by atoms with Crippen molar-refractivity contribution >= 4 is 17.5 Å². The SMILES string of the molecule is O=C1CCCN1CCC1CN(C(=O)C2CC=CC2)c2ccccc21. The average Bonchev–Trinajstić information content (AvgIpc) is 3.33. The van der Waals surface area contributed by atoms with E-state index in [0.717, 1.165) is 51.0 Å². The van der Waals surface area contributed by atoms with E-state index in [-0.39, 0.29) is 17.7 Å². The molecule has 4 heteroatoms. The molecule has 1 aromatic rings. The van der Waals surface area contributed by atoms with Crippen molar-refractivity contribution in [2.75, 3.05) is 24.5 Å². The van der Waals surface area contributed by atoms with Gasteiger partial charge in [0.05, 0.1) is 0 Å². The Morgan fingerprint density at radius 1 is 1.17 bits per heavy atom. The van der Waals surface area contributed by atoms with Crippen molar-refractivity contribution in [3.8, 4) is 0 Å². The van der Waals surface area contributed by atoms with E-state index in [1.165, 1.54) is 5.56 Å². The maximum Gasteiger partial charge on any atom is 0.230 e. The molecular weight excluding hydrogens is 300 g/mol. The van der Waals surface area contributed by atoms with E-state index in [1.807, 2.05) is 15.9 Å². The van der Waals surface area contributed by atoms with Crippen LogP contribution < -0.4 is 4.90 Å². The molecule has 126 valence electrons. The highest BCUT2D eigenvalue weighted by molar-refractivity contribution is 5.97. The summed E-state index contributed by atoms with van der Waals surface area (Å²) in [5, 5.41) is 0. The Kier molecular flexibility index (Phi) is 4.13. The number of hydrogen-bond donors (Lipinski definition) is 0. The number of carbonyl (C=O) groups excluding carboxylic acids is 2. The molecule has 4 nitrogen and oxygen atoms in total. The first-order chi connectivity index (χ1) is 11.7. The summed E-state index contributed by atoms with van der Waals surface area (Å²) in [5.41, 5.74) is 2.34. The molecule has 0 aromatic heterocycles. The molecule has 2 heterocycles. The number of amides is 2. The maximum absolute atomic E-state index is 12.9. The molecule has 0 bridgehead atoms. The van der Waals surface area contributed by atoms with Gasteiger partial charge in [-0.1, -0.05) is 30.4 Å². The topological polar surface area (TPSA) is 40.6 Å². The normalized spacial score (nSPS) is 23.3. The van der Waals surface area contributed by atoms with Crippen LogP contribution in [0.1, 0.15) is 43.6 Å². The van der Waals surface area contributed by atoms with Crippen molar-refractivity contribution in [3.63, 3.8) is 0 Å². The van der Waals surface area contributed by atoms with Crippen LogP contribution >= 0.6 is 0 Å². The molecular formula is C20H24N2O2. The van der Waals surface area contributed by atoms with Gasteiger partial charge in [0.1, 0.15) is 0 Å². The van der Waals surface area contributed by atoms with Gasteiger partial charge >= 0.3 is 0 Å². The van der Waals surface area contributed by atoms with Crippen LogP contribution in [0.25, 0.3) is 0 Å². The van der Waals surface area contributed by atoms with Crippen molar-refractivity contribution in [1.82, 2.24) is 4.90 Å². The van der Waals surface area contributed by atoms with Gasteiger partial charge in [0.15, 0.2) is 0 Å². The lowest BCUT2D eigenvalue weighted by Gasteiger charge is -2.22. The standard InChI is InChI=1S/C20H24N2O2/c23-19-10-5-12-21(19)13-11-16-14-22(18-9-4-3-8-17(16)18)20(24)15-6-1-2-7-15/h1-4,8-9,15-16H,5-7,10-14H2. The Morgan fingerprint density at radius 3 is 2.71 bits per heavy atom. The molecule has 2 amide bonds. The number of para-hydroxylation sites is 1. The second-order valence-corrected chi connectivity index (χ2v) is 7.12. The summed E-state index contributed by atoms with van der Waals surface area (Å²) >= 11 is 0. The Morgan fingerprint density at radius 2 is 1.96 bits per heavy atom. The molecule has 1 saturated heterocycles. The first-order valence-electron chi connectivity index (χ1n) is 9.07. The van der Waals surface area contributed by atoms with Gasteiger partial charge in [0.25, 0.3) is 0 Å². The second-order valence-electron chi connectivity index (χ2n) is 7.12. The van der Waals surface area contributed by atoms with Gasteiger partial charge < -0.3 is 9.80 Å². The molecule has 24 heavy (non-hydrogen) atoms. The van der Waals surface area contributed by atoms with Gasteiger partial charge in [-0.15, -0.1) is 0 Å². The first-order valence-corrected chi connectivity index (χ1v) is 9.07. The van der Waals surface area contributed by atoms with Gasteiger partial charge in [-0.2, -0.15) is 0 Å². The average molecular weight is 324 g/mol. The van der Waals surface area contributed by atoms with Crippen LogP contribution in [-0.4, -0.2) is 36.3 Å². The lowest BCUT2D eigenvalue weighted by atomic mass is 9.98. The lowest BCUT2D eigenvalue weighted by molar-refractivity contribution is -0.127. The van der Waals surface area contributed by atoms with Crippen molar-refractivity contribution in [1.29, 1.82) is 0 Å². The van der Waals surface area contributed by atoms with Crippen LogP contribution in [0.15, 0.2) is 36.4 Å². The van der Waals surface area contributed by atoms with Crippen LogP contribution in [0.4, 0.5) is 5.69 Å². The lowest BCUT2D eigenvalue weighted by Crippen LogP contribution is -2.35. The molecule has 4 rings (SSSR count). The Hall–Kier alpha value is -2.10. The molecule has 0 saturated carbocycles. The van der Waals surface area contributed by atoms with E-state index in [4.69, 9.17) is 0 Å². The van der Waals surface area contributed by atoms with Gasteiger partial charge in [0.2, 0.25) is 11.8 Å². The molecule has 1 fully saturated rings. The fraction of sp³-hybridized carbons (Fsp3) is 0.500. The Balaban J connectivity index is 1.48. The molecule has 1 aromatic carbocycles. The molecule has 0 radical (unpaired) electrons. The van der Waals surface area contributed by atoms with Crippen LogP contribution in [0, 0.1) is 5.92 Å². The quantitative estimate of drug-likeness (QED) is 0.799. The van der Waals surface area contributed by atoms with Crippen LogP contribution in [0.5, 0.6) is 0 Å². The Bertz CT molecular complexity index is 674. The smallest absolute Gasteiger partial charge is 0.230 e. The van der Waals surface area contributed by atoms with E-state index in [9.17, 15) is 9.59 Å². The molecule has 0 spiro atoms. The summed E-state index contributed by atoms with van der Waals surface area (Å²) < 4.78 is 0.